The summed E-state index contributed by atoms with van der Waals surface area (Å²) in [5.41, 5.74) is 1.56. The Labute approximate surface area is 109 Å². The van der Waals surface area contributed by atoms with Crippen LogP contribution in [0.3, 0.4) is 0 Å². The van der Waals surface area contributed by atoms with E-state index in [0.717, 1.165) is 12.0 Å². The molecule has 2 N–H and O–H groups in total. The first kappa shape index (κ1) is 14.6. The van der Waals surface area contributed by atoms with Crippen molar-refractivity contribution in [3.63, 3.8) is 0 Å². The van der Waals surface area contributed by atoms with E-state index in [2.05, 4.69) is 31.1 Å². The minimum atomic E-state index is 0.0911. The molecule has 18 heavy (non-hydrogen) atoms. The van der Waals surface area contributed by atoms with Crippen molar-refractivity contribution in [2.24, 2.45) is 5.41 Å². The second-order valence-electron chi connectivity index (χ2n) is 5.47. The number of aliphatic hydroxyl groups excluding tert-OH is 1. The monoisotopic (exact) mass is 247 g/mol. The highest BCUT2D eigenvalue weighted by Gasteiger charge is 2.23. The lowest BCUT2D eigenvalue weighted by Gasteiger charge is -2.31. The average molecular weight is 247 g/mol. The second kappa shape index (κ2) is 6.48. The number of aliphatic hydroxyl groups is 1. The first-order valence-corrected chi connectivity index (χ1v) is 6.16. The maximum absolute atomic E-state index is 9.09. The summed E-state index contributed by atoms with van der Waals surface area (Å²) in [4.78, 5) is 3.94. The zero-order valence-corrected chi connectivity index (χ0v) is 11.3. The zero-order valence-electron chi connectivity index (χ0n) is 11.3. The fraction of sp³-hybridized carbons (Fsp3) is 0.571. The van der Waals surface area contributed by atoms with Crippen molar-refractivity contribution in [1.82, 2.24) is 10.3 Å². The van der Waals surface area contributed by atoms with Gasteiger partial charge < -0.3 is 10.4 Å². The quantitative estimate of drug-likeness (QED) is 0.833. The van der Waals surface area contributed by atoms with Crippen molar-refractivity contribution in [3.8, 4) is 6.07 Å². The summed E-state index contributed by atoms with van der Waals surface area (Å²) >= 11 is 0. The normalized spacial score (nSPS) is 13.1. The Hall–Kier alpha value is -1.44. The minimum absolute atomic E-state index is 0.0911. The van der Waals surface area contributed by atoms with Gasteiger partial charge in [-0.15, -0.1) is 0 Å². The summed E-state index contributed by atoms with van der Waals surface area (Å²) in [6, 6.07) is 5.95. The molecule has 4 heteroatoms. The molecule has 4 nitrogen and oxygen atoms in total. The zero-order chi connectivity index (χ0) is 13.6. The van der Waals surface area contributed by atoms with E-state index < -0.39 is 0 Å². The van der Waals surface area contributed by atoms with Gasteiger partial charge in [0, 0.05) is 25.4 Å². The Kier molecular flexibility index (Phi) is 5.26. The molecule has 0 spiro atoms. The topological polar surface area (TPSA) is 68.9 Å². The second-order valence-corrected chi connectivity index (χ2v) is 5.47. The number of aromatic nitrogens is 1. The molecular formula is C14H21N3O. The van der Waals surface area contributed by atoms with Gasteiger partial charge in [0.15, 0.2) is 0 Å². The van der Waals surface area contributed by atoms with Gasteiger partial charge >= 0.3 is 0 Å². The largest absolute Gasteiger partial charge is 0.396 e. The van der Waals surface area contributed by atoms with E-state index in [-0.39, 0.29) is 18.1 Å². The van der Waals surface area contributed by atoms with Crippen LogP contribution in [0, 0.1) is 16.7 Å². The van der Waals surface area contributed by atoms with Crippen molar-refractivity contribution < 1.29 is 5.11 Å². The smallest absolute Gasteiger partial charge is 0.140 e. The molecule has 0 radical (unpaired) electrons. The Morgan fingerprint density at radius 2 is 2.22 bits per heavy atom. The lowest BCUT2D eigenvalue weighted by Crippen LogP contribution is -2.40. The predicted octanol–water partition coefficient (Wildman–Crippen LogP) is 1.84. The number of nitriles is 1. The maximum Gasteiger partial charge on any atom is 0.140 e. The third-order valence-electron chi connectivity index (χ3n) is 2.95. The number of hydrogen-bond donors (Lipinski definition) is 2. The standard InChI is InChI=1S/C14H21N3O/c1-14(2,3)13(5-7-18)17-10-11-4-6-16-12(8-11)9-15/h4,6,8,13,17-18H,5,7,10H2,1-3H3. The van der Waals surface area contributed by atoms with Crippen molar-refractivity contribution in [1.29, 1.82) is 5.26 Å². The molecule has 0 amide bonds. The van der Waals surface area contributed by atoms with Crippen molar-refractivity contribution in [2.45, 2.75) is 39.8 Å². The summed E-state index contributed by atoms with van der Waals surface area (Å²) in [5.74, 6) is 0. The van der Waals surface area contributed by atoms with Crippen molar-refractivity contribution in [3.05, 3.63) is 29.6 Å². The number of rotatable bonds is 5. The first-order chi connectivity index (χ1) is 8.47. The lowest BCUT2D eigenvalue weighted by atomic mass is 9.85. The lowest BCUT2D eigenvalue weighted by molar-refractivity contribution is 0.196. The summed E-state index contributed by atoms with van der Waals surface area (Å²) in [6.07, 6.45) is 2.37. The highest BCUT2D eigenvalue weighted by molar-refractivity contribution is 5.25. The van der Waals surface area contributed by atoms with Crippen LogP contribution in [-0.4, -0.2) is 22.7 Å². The van der Waals surface area contributed by atoms with Gasteiger partial charge in [-0.1, -0.05) is 20.8 Å². The van der Waals surface area contributed by atoms with Crippen LogP contribution in [0.4, 0.5) is 0 Å². The van der Waals surface area contributed by atoms with Gasteiger partial charge in [0.1, 0.15) is 11.8 Å². The van der Waals surface area contributed by atoms with Crippen LogP contribution < -0.4 is 5.32 Å². The summed E-state index contributed by atoms with van der Waals surface area (Å²) in [6.45, 7) is 7.29. The van der Waals surface area contributed by atoms with Crippen LogP contribution >= 0.6 is 0 Å². The highest BCUT2D eigenvalue weighted by atomic mass is 16.3. The van der Waals surface area contributed by atoms with E-state index in [4.69, 9.17) is 10.4 Å². The van der Waals surface area contributed by atoms with Crippen LogP contribution in [0.2, 0.25) is 0 Å². The van der Waals surface area contributed by atoms with E-state index in [1.165, 1.54) is 0 Å². The molecule has 0 fully saturated rings. The number of nitrogens with zero attached hydrogens (tertiary/aromatic N) is 2. The molecule has 0 saturated carbocycles. The van der Waals surface area contributed by atoms with Gasteiger partial charge in [-0.3, -0.25) is 0 Å². The Morgan fingerprint density at radius 3 is 2.78 bits per heavy atom. The molecule has 0 bridgehead atoms. The molecule has 1 atom stereocenters. The SMILES string of the molecule is CC(C)(C)C(CCO)NCc1ccnc(C#N)c1. The van der Waals surface area contributed by atoms with Gasteiger partial charge in [-0.05, 0) is 29.5 Å². The molecule has 0 saturated heterocycles. The molecule has 1 unspecified atom stereocenters. The molecule has 0 aliphatic heterocycles. The molecule has 1 heterocycles. The fourth-order valence-corrected chi connectivity index (χ4v) is 1.86. The molecule has 0 aromatic carbocycles. The van der Waals surface area contributed by atoms with Crippen molar-refractivity contribution >= 4 is 0 Å². The van der Waals surface area contributed by atoms with Crippen LogP contribution in [0.1, 0.15) is 38.4 Å². The summed E-state index contributed by atoms with van der Waals surface area (Å²) in [5, 5.41) is 21.3. The van der Waals surface area contributed by atoms with Gasteiger partial charge in [-0.25, -0.2) is 4.98 Å². The van der Waals surface area contributed by atoms with Crippen molar-refractivity contribution in [2.75, 3.05) is 6.61 Å². The molecule has 0 aliphatic carbocycles. The van der Waals surface area contributed by atoms with E-state index in [1.54, 1.807) is 12.3 Å². The highest BCUT2D eigenvalue weighted by Crippen LogP contribution is 2.22. The molecule has 0 aliphatic rings. The van der Waals surface area contributed by atoms with Crippen LogP contribution in [-0.2, 0) is 6.54 Å². The molecule has 98 valence electrons. The number of nitrogens with one attached hydrogen (secondary N) is 1. The summed E-state index contributed by atoms with van der Waals surface area (Å²) in [7, 11) is 0. The Bertz CT molecular complexity index is 418. The van der Waals surface area contributed by atoms with E-state index in [0.29, 0.717) is 12.2 Å². The molecule has 1 aromatic rings. The average Bonchev–Trinajstić information content (AvgIpc) is 2.33. The fourth-order valence-electron chi connectivity index (χ4n) is 1.86. The van der Waals surface area contributed by atoms with E-state index >= 15 is 0 Å². The minimum Gasteiger partial charge on any atom is -0.396 e. The molecule has 1 rings (SSSR count). The molecular weight excluding hydrogens is 226 g/mol. The summed E-state index contributed by atoms with van der Waals surface area (Å²) < 4.78 is 0. The van der Waals surface area contributed by atoms with Gasteiger partial charge in [0.2, 0.25) is 0 Å². The van der Waals surface area contributed by atoms with Crippen LogP contribution in [0.15, 0.2) is 18.3 Å². The first-order valence-electron chi connectivity index (χ1n) is 6.16. The third kappa shape index (κ3) is 4.44. The van der Waals surface area contributed by atoms with E-state index in [9.17, 15) is 0 Å². The maximum atomic E-state index is 9.09. The Morgan fingerprint density at radius 1 is 1.50 bits per heavy atom. The van der Waals surface area contributed by atoms with Gasteiger partial charge in [-0.2, -0.15) is 5.26 Å². The van der Waals surface area contributed by atoms with Crippen LogP contribution in [0.25, 0.3) is 0 Å². The van der Waals surface area contributed by atoms with Gasteiger partial charge in [0.05, 0.1) is 0 Å². The molecule has 1 aromatic heterocycles. The van der Waals surface area contributed by atoms with Crippen LogP contribution in [0.5, 0.6) is 0 Å². The Balaban J connectivity index is 2.64. The van der Waals surface area contributed by atoms with E-state index in [1.807, 2.05) is 12.1 Å². The van der Waals surface area contributed by atoms with Gasteiger partial charge in [0.25, 0.3) is 0 Å². The third-order valence-corrected chi connectivity index (χ3v) is 2.95. The predicted molar refractivity (Wildman–Crippen MR) is 70.7 cm³/mol. The number of pyridine rings is 1. The number of hydrogen-bond acceptors (Lipinski definition) is 4.